The molecule has 0 saturated heterocycles. The van der Waals surface area contributed by atoms with Gasteiger partial charge in [0.25, 0.3) is 5.91 Å². The van der Waals surface area contributed by atoms with Crippen LogP contribution < -0.4 is 5.73 Å². The van der Waals surface area contributed by atoms with Crippen LogP contribution in [0.2, 0.25) is 0 Å². The lowest BCUT2D eigenvalue weighted by Crippen LogP contribution is -2.25. The van der Waals surface area contributed by atoms with Gasteiger partial charge in [-0.3, -0.25) is 9.59 Å². The second kappa shape index (κ2) is 5.07. The number of hydrogen-bond donors (Lipinski definition) is 1. The van der Waals surface area contributed by atoms with E-state index in [0.717, 1.165) is 31.2 Å². The number of carbonyl (C=O) groups excluding carboxylic acids is 2. The molecule has 1 atom stereocenters. The number of rotatable bonds is 3. The molecule has 0 aliphatic rings. The lowest BCUT2D eigenvalue weighted by atomic mass is 10.1. The van der Waals surface area contributed by atoms with E-state index in [1.165, 1.54) is 0 Å². The Morgan fingerprint density at radius 3 is 2.06 bits per heavy atom. The van der Waals surface area contributed by atoms with Crippen LogP contribution in [0.1, 0.15) is 24.2 Å². The fourth-order valence-electron chi connectivity index (χ4n) is 1.30. The Morgan fingerprint density at radius 1 is 1.22 bits per heavy atom. The highest BCUT2D eigenvalue weighted by Crippen LogP contribution is 2.30. The van der Waals surface area contributed by atoms with E-state index < -0.39 is 29.7 Å². The zero-order chi connectivity index (χ0) is 13.9. The Labute approximate surface area is 101 Å². The standard InChI is InChI=1S/C11H10F3NO3/c1-6(16)18-9(10(15)17)7-2-4-8(5-3-7)11(12,13)14/h2-5,9H,1H3,(H2,15,17). The number of hydrogen-bond acceptors (Lipinski definition) is 3. The van der Waals surface area contributed by atoms with Crippen molar-refractivity contribution in [3.05, 3.63) is 35.4 Å². The van der Waals surface area contributed by atoms with Gasteiger partial charge in [0.15, 0.2) is 0 Å². The first-order valence-electron chi connectivity index (χ1n) is 4.85. The van der Waals surface area contributed by atoms with Crippen molar-refractivity contribution in [2.75, 3.05) is 0 Å². The van der Waals surface area contributed by atoms with Gasteiger partial charge in [0.1, 0.15) is 0 Å². The second-order valence-corrected chi connectivity index (χ2v) is 3.51. The number of benzene rings is 1. The van der Waals surface area contributed by atoms with E-state index in [9.17, 15) is 22.8 Å². The van der Waals surface area contributed by atoms with Crippen molar-refractivity contribution in [3.8, 4) is 0 Å². The van der Waals surface area contributed by atoms with Crippen LogP contribution in [0.25, 0.3) is 0 Å². The third kappa shape index (κ3) is 3.47. The van der Waals surface area contributed by atoms with Crippen molar-refractivity contribution in [2.24, 2.45) is 5.73 Å². The largest absolute Gasteiger partial charge is 0.447 e. The van der Waals surface area contributed by atoms with Gasteiger partial charge in [0, 0.05) is 12.5 Å². The van der Waals surface area contributed by atoms with Crippen LogP contribution in [0.15, 0.2) is 24.3 Å². The van der Waals surface area contributed by atoms with E-state index in [1.54, 1.807) is 0 Å². The summed E-state index contributed by atoms with van der Waals surface area (Å²) in [4.78, 5) is 21.8. The maximum atomic E-state index is 12.3. The molecule has 1 aromatic carbocycles. The molecular weight excluding hydrogens is 251 g/mol. The zero-order valence-electron chi connectivity index (χ0n) is 9.32. The van der Waals surface area contributed by atoms with Crippen LogP contribution in [0.3, 0.4) is 0 Å². The van der Waals surface area contributed by atoms with Crippen molar-refractivity contribution >= 4 is 11.9 Å². The van der Waals surface area contributed by atoms with E-state index >= 15 is 0 Å². The topological polar surface area (TPSA) is 69.4 Å². The summed E-state index contributed by atoms with van der Waals surface area (Å²) < 4.78 is 41.6. The average Bonchev–Trinajstić information content (AvgIpc) is 2.24. The Bertz CT molecular complexity index is 454. The molecule has 1 amide bonds. The number of amides is 1. The summed E-state index contributed by atoms with van der Waals surface area (Å²) in [6.07, 6.45) is -5.85. The van der Waals surface area contributed by atoms with Crippen LogP contribution in [0.4, 0.5) is 13.2 Å². The Kier molecular flexibility index (Phi) is 3.95. The van der Waals surface area contributed by atoms with Crippen LogP contribution in [0.5, 0.6) is 0 Å². The SMILES string of the molecule is CC(=O)OC(C(N)=O)c1ccc(C(F)(F)F)cc1. The maximum absolute atomic E-state index is 12.3. The van der Waals surface area contributed by atoms with E-state index in [-0.39, 0.29) is 5.56 Å². The number of primary amides is 1. The van der Waals surface area contributed by atoms with Crippen LogP contribution >= 0.6 is 0 Å². The monoisotopic (exact) mass is 261 g/mol. The van der Waals surface area contributed by atoms with Gasteiger partial charge >= 0.3 is 12.1 Å². The van der Waals surface area contributed by atoms with Crippen molar-refractivity contribution in [3.63, 3.8) is 0 Å². The van der Waals surface area contributed by atoms with E-state index in [2.05, 4.69) is 4.74 Å². The zero-order valence-corrected chi connectivity index (χ0v) is 9.32. The molecule has 0 fully saturated rings. The second-order valence-electron chi connectivity index (χ2n) is 3.51. The molecule has 7 heteroatoms. The first-order chi connectivity index (χ1) is 8.21. The molecule has 1 aromatic rings. The normalized spacial score (nSPS) is 12.9. The molecule has 18 heavy (non-hydrogen) atoms. The summed E-state index contributed by atoms with van der Waals surface area (Å²) in [7, 11) is 0. The highest BCUT2D eigenvalue weighted by Gasteiger charge is 2.31. The lowest BCUT2D eigenvalue weighted by molar-refractivity contribution is -0.153. The summed E-state index contributed by atoms with van der Waals surface area (Å²) in [6, 6.07) is 3.66. The van der Waals surface area contributed by atoms with Crippen molar-refractivity contribution in [1.29, 1.82) is 0 Å². The van der Waals surface area contributed by atoms with Gasteiger partial charge in [-0.25, -0.2) is 0 Å². The van der Waals surface area contributed by atoms with Crippen LogP contribution in [-0.2, 0) is 20.5 Å². The highest BCUT2D eigenvalue weighted by atomic mass is 19.4. The summed E-state index contributed by atoms with van der Waals surface area (Å²) in [5.74, 6) is -1.70. The van der Waals surface area contributed by atoms with Gasteiger partial charge in [-0.05, 0) is 12.1 Å². The van der Waals surface area contributed by atoms with Gasteiger partial charge in [0.05, 0.1) is 5.56 Å². The molecule has 1 unspecified atom stereocenters. The Morgan fingerprint density at radius 2 is 1.72 bits per heavy atom. The molecule has 0 spiro atoms. The van der Waals surface area contributed by atoms with Crippen molar-refractivity contribution in [1.82, 2.24) is 0 Å². The molecule has 0 heterocycles. The van der Waals surface area contributed by atoms with Gasteiger partial charge in [-0.15, -0.1) is 0 Å². The molecule has 0 aliphatic heterocycles. The number of esters is 1. The first-order valence-corrected chi connectivity index (χ1v) is 4.85. The minimum Gasteiger partial charge on any atom is -0.447 e. The number of nitrogens with two attached hydrogens (primary N) is 1. The minimum atomic E-state index is -4.47. The minimum absolute atomic E-state index is 0.0886. The fraction of sp³-hybridized carbons (Fsp3) is 0.273. The third-order valence-electron chi connectivity index (χ3n) is 2.08. The van der Waals surface area contributed by atoms with Crippen molar-refractivity contribution < 1.29 is 27.5 Å². The molecule has 2 N–H and O–H groups in total. The summed E-state index contributed by atoms with van der Waals surface area (Å²) in [5, 5.41) is 0. The number of halogens is 3. The lowest BCUT2D eigenvalue weighted by Gasteiger charge is -2.14. The molecule has 98 valence electrons. The molecule has 4 nitrogen and oxygen atoms in total. The first kappa shape index (κ1) is 14.0. The van der Waals surface area contributed by atoms with Crippen LogP contribution in [-0.4, -0.2) is 11.9 Å². The molecule has 0 radical (unpaired) electrons. The van der Waals surface area contributed by atoms with Gasteiger partial charge in [-0.2, -0.15) is 13.2 Å². The molecule has 0 aromatic heterocycles. The maximum Gasteiger partial charge on any atom is 0.416 e. The summed E-state index contributed by atoms with van der Waals surface area (Å²) in [6.45, 7) is 1.07. The van der Waals surface area contributed by atoms with Crippen molar-refractivity contribution in [2.45, 2.75) is 19.2 Å². The predicted octanol–water partition coefficient (Wildman–Crippen LogP) is 1.79. The summed E-state index contributed by atoms with van der Waals surface area (Å²) in [5.41, 5.74) is 4.23. The van der Waals surface area contributed by atoms with Gasteiger partial charge in [0.2, 0.25) is 6.10 Å². The number of ether oxygens (including phenoxy) is 1. The number of carbonyl (C=O) groups is 2. The number of alkyl halides is 3. The van der Waals surface area contributed by atoms with Gasteiger partial charge in [-0.1, -0.05) is 12.1 Å². The molecule has 0 saturated carbocycles. The molecular formula is C11H10F3NO3. The quantitative estimate of drug-likeness (QED) is 0.843. The smallest absolute Gasteiger partial charge is 0.416 e. The van der Waals surface area contributed by atoms with Gasteiger partial charge < -0.3 is 10.5 Å². The van der Waals surface area contributed by atoms with E-state index in [0.29, 0.717) is 0 Å². The Hall–Kier alpha value is -2.05. The fourth-order valence-corrected chi connectivity index (χ4v) is 1.30. The third-order valence-corrected chi connectivity index (χ3v) is 2.08. The highest BCUT2D eigenvalue weighted by molar-refractivity contribution is 5.83. The molecule has 0 bridgehead atoms. The summed E-state index contributed by atoms with van der Waals surface area (Å²) >= 11 is 0. The van der Waals surface area contributed by atoms with E-state index in [4.69, 9.17) is 5.73 Å². The molecule has 1 rings (SSSR count). The average molecular weight is 261 g/mol. The van der Waals surface area contributed by atoms with Crippen LogP contribution in [0, 0.1) is 0 Å². The Balaban J connectivity index is 3.01. The predicted molar refractivity (Wildman–Crippen MR) is 55.1 cm³/mol. The molecule has 0 aliphatic carbocycles. The van der Waals surface area contributed by atoms with E-state index in [1.807, 2.05) is 0 Å².